The van der Waals surface area contributed by atoms with Gasteiger partial charge in [0, 0.05) is 10.4 Å². The van der Waals surface area contributed by atoms with E-state index < -0.39 is 0 Å². The van der Waals surface area contributed by atoms with Gasteiger partial charge in [-0.05, 0) is 37.1 Å². The summed E-state index contributed by atoms with van der Waals surface area (Å²) in [6.45, 7) is 2.67. The van der Waals surface area contributed by atoms with Crippen molar-refractivity contribution in [2.24, 2.45) is 0 Å². The number of rotatable bonds is 5. The Labute approximate surface area is 110 Å². The first kappa shape index (κ1) is 12.4. The minimum atomic E-state index is 0.516. The van der Waals surface area contributed by atoms with Crippen LogP contribution in [0.2, 0.25) is 5.02 Å². The number of benzene rings is 1. The Morgan fingerprint density at radius 2 is 2.06 bits per heavy atom. The van der Waals surface area contributed by atoms with Gasteiger partial charge in [-0.15, -0.1) is 11.3 Å². The first-order valence-electron chi connectivity index (χ1n) is 5.59. The first-order valence-corrected chi connectivity index (χ1v) is 6.85. The Balaban J connectivity index is 1.90. The van der Waals surface area contributed by atoms with Crippen molar-refractivity contribution in [3.05, 3.63) is 45.4 Å². The molecule has 0 atom stereocenters. The van der Waals surface area contributed by atoms with Gasteiger partial charge in [0.25, 0.3) is 0 Å². The average Bonchev–Trinajstić information content (AvgIpc) is 2.77. The van der Waals surface area contributed by atoms with Crippen molar-refractivity contribution in [1.82, 2.24) is 4.98 Å². The minimum Gasteiger partial charge on any atom is -0.487 e. The number of thiazole rings is 1. The van der Waals surface area contributed by atoms with Gasteiger partial charge in [0.15, 0.2) is 0 Å². The maximum atomic E-state index is 5.80. The van der Waals surface area contributed by atoms with E-state index in [0.29, 0.717) is 6.61 Å². The average molecular weight is 268 g/mol. The van der Waals surface area contributed by atoms with Crippen molar-refractivity contribution in [3.8, 4) is 5.75 Å². The lowest BCUT2D eigenvalue weighted by atomic mass is 10.3. The van der Waals surface area contributed by atoms with Crippen LogP contribution in [0.3, 0.4) is 0 Å². The summed E-state index contributed by atoms with van der Waals surface area (Å²) >= 11 is 7.50. The molecule has 0 radical (unpaired) electrons. The molecule has 0 aliphatic carbocycles. The fourth-order valence-corrected chi connectivity index (χ4v) is 2.44. The van der Waals surface area contributed by atoms with Crippen LogP contribution in [0.15, 0.2) is 29.6 Å². The van der Waals surface area contributed by atoms with E-state index in [9.17, 15) is 0 Å². The van der Waals surface area contributed by atoms with Crippen LogP contribution in [0.25, 0.3) is 0 Å². The normalized spacial score (nSPS) is 10.5. The molecule has 0 saturated carbocycles. The summed E-state index contributed by atoms with van der Waals surface area (Å²) in [6, 6.07) is 7.37. The number of aromatic nitrogens is 1. The summed E-state index contributed by atoms with van der Waals surface area (Å²) in [5.74, 6) is 0.819. The van der Waals surface area contributed by atoms with E-state index in [2.05, 4.69) is 17.3 Å². The molecule has 0 fully saturated rings. The van der Waals surface area contributed by atoms with Crippen LogP contribution >= 0.6 is 22.9 Å². The van der Waals surface area contributed by atoms with E-state index in [0.717, 1.165) is 29.3 Å². The molecule has 2 nitrogen and oxygen atoms in total. The van der Waals surface area contributed by atoms with Crippen LogP contribution in [0, 0.1) is 0 Å². The van der Waals surface area contributed by atoms with Crippen molar-refractivity contribution in [2.75, 3.05) is 0 Å². The zero-order valence-electron chi connectivity index (χ0n) is 9.65. The van der Waals surface area contributed by atoms with E-state index in [-0.39, 0.29) is 0 Å². The zero-order chi connectivity index (χ0) is 12.1. The van der Waals surface area contributed by atoms with Gasteiger partial charge in [0.05, 0.1) is 10.7 Å². The molecule has 4 heteroatoms. The van der Waals surface area contributed by atoms with E-state index in [4.69, 9.17) is 16.3 Å². The quantitative estimate of drug-likeness (QED) is 0.805. The zero-order valence-corrected chi connectivity index (χ0v) is 11.2. The smallest absolute Gasteiger partial charge is 0.131 e. The van der Waals surface area contributed by atoms with Crippen molar-refractivity contribution in [1.29, 1.82) is 0 Å². The largest absolute Gasteiger partial charge is 0.487 e. The maximum Gasteiger partial charge on any atom is 0.131 e. The highest BCUT2D eigenvalue weighted by molar-refractivity contribution is 7.09. The maximum absolute atomic E-state index is 5.80. The van der Waals surface area contributed by atoms with E-state index in [1.165, 1.54) is 5.01 Å². The Hall–Kier alpha value is -1.06. The van der Waals surface area contributed by atoms with Gasteiger partial charge in [-0.2, -0.15) is 0 Å². The number of hydrogen-bond acceptors (Lipinski definition) is 3. The summed E-state index contributed by atoms with van der Waals surface area (Å²) in [5.41, 5.74) is 0.994. The second kappa shape index (κ2) is 6.03. The Morgan fingerprint density at radius 1 is 1.29 bits per heavy atom. The van der Waals surface area contributed by atoms with Crippen LogP contribution in [0.5, 0.6) is 5.75 Å². The van der Waals surface area contributed by atoms with Crippen molar-refractivity contribution >= 4 is 22.9 Å². The molecule has 2 rings (SSSR count). The lowest BCUT2D eigenvalue weighted by Gasteiger charge is -2.03. The number of aryl methyl sites for hydroxylation is 1. The second-order valence-corrected chi connectivity index (χ2v) is 5.10. The van der Waals surface area contributed by atoms with Crippen molar-refractivity contribution < 1.29 is 4.74 Å². The Bertz CT molecular complexity index is 467. The SMILES string of the molecule is CCCc1nc(COc2ccc(Cl)cc2)cs1. The van der Waals surface area contributed by atoms with E-state index in [1.807, 2.05) is 24.3 Å². The Kier molecular flexibility index (Phi) is 4.40. The third kappa shape index (κ3) is 3.72. The topological polar surface area (TPSA) is 22.1 Å². The van der Waals surface area contributed by atoms with Crippen molar-refractivity contribution in [2.45, 2.75) is 26.4 Å². The third-order valence-corrected chi connectivity index (χ3v) is 3.47. The first-order chi connectivity index (χ1) is 8.28. The highest BCUT2D eigenvalue weighted by Gasteiger charge is 2.02. The lowest BCUT2D eigenvalue weighted by molar-refractivity contribution is 0.302. The van der Waals surface area contributed by atoms with Crippen LogP contribution in [0.4, 0.5) is 0 Å². The molecule has 0 aliphatic heterocycles. The van der Waals surface area contributed by atoms with Crippen molar-refractivity contribution in [3.63, 3.8) is 0 Å². The number of ether oxygens (including phenoxy) is 1. The van der Waals surface area contributed by atoms with Gasteiger partial charge in [-0.25, -0.2) is 4.98 Å². The predicted octanol–water partition coefficient (Wildman–Crippen LogP) is 4.33. The molecule has 0 amide bonds. The fourth-order valence-electron chi connectivity index (χ4n) is 1.43. The molecule has 90 valence electrons. The van der Waals surface area contributed by atoms with Crippen LogP contribution in [-0.2, 0) is 13.0 Å². The van der Waals surface area contributed by atoms with Crippen LogP contribution in [-0.4, -0.2) is 4.98 Å². The summed E-state index contributed by atoms with van der Waals surface area (Å²) < 4.78 is 5.62. The molecule has 0 bridgehead atoms. The number of nitrogens with zero attached hydrogens (tertiary/aromatic N) is 1. The predicted molar refractivity (Wildman–Crippen MR) is 71.9 cm³/mol. The molecular formula is C13H14ClNOS. The molecule has 1 aromatic carbocycles. The van der Waals surface area contributed by atoms with Crippen LogP contribution < -0.4 is 4.74 Å². The van der Waals surface area contributed by atoms with Gasteiger partial charge >= 0.3 is 0 Å². The molecule has 0 unspecified atom stereocenters. The minimum absolute atomic E-state index is 0.516. The molecular weight excluding hydrogens is 254 g/mol. The summed E-state index contributed by atoms with van der Waals surface area (Å²) in [4.78, 5) is 4.50. The van der Waals surface area contributed by atoms with Gasteiger partial charge in [0.1, 0.15) is 12.4 Å². The van der Waals surface area contributed by atoms with Gasteiger partial charge in [-0.3, -0.25) is 0 Å². The molecule has 0 aliphatic rings. The van der Waals surface area contributed by atoms with E-state index in [1.54, 1.807) is 11.3 Å². The molecule has 1 aromatic heterocycles. The summed E-state index contributed by atoms with van der Waals surface area (Å²) in [7, 11) is 0. The molecule has 1 heterocycles. The third-order valence-electron chi connectivity index (χ3n) is 2.26. The molecule has 0 spiro atoms. The standard InChI is InChI=1S/C13H14ClNOS/c1-2-3-13-15-11(9-17-13)8-16-12-6-4-10(14)5-7-12/h4-7,9H,2-3,8H2,1H3. The van der Waals surface area contributed by atoms with Crippen LogP contribution in [0.1, 0.15) is 24.0 Å². The summed E-state index contributed by atoms with van der Waals surface area (Å²) in [6.07, 6.45) is 2.18. The van der Waals surface area contributed by atoms with Gasteiger partial charge in [0.2, 0.25) is 0 Å². The van der Waals surface area contributed by atoms with E-state index >= 15 is 0 Å². The number of halogens is 1. The molecule has 2 aromatic rings. The Morgan fingerprint density at radius 3 is 2.76 bits per heavy atom. The second-order valence-electron chi connectivity index (χ2n) is 3.73. The lowest BCUT2D eigenvalue weighted by Crippen LogP contribution is -1.96. The monoisotopic (exact) mass is 267 g/mol. The van der Waals surface area contributed by atoms with Gasteiger partial charge < -0.3 is 4.74 Å². The molecule has 0 saturated heterocycles. The fraction of sp³-hybridized carbons (Fsp3) is 0.308. The number of hydrogen-bond donors (Lipinski definition) is 0. The highest BCUT2D eigenvalue weighted by Crippen LogP contribution is 2.18. The molecule has 0 N–H and O–H groups in total. The highest BCUT2D eigenvalue weighted by atomic mass is 35.5. The van der Waals surface area contributed by atoms with Gasteiger partial charge in [-0.1, -0.05) is 18.5 Å². The molecule has 17 heavy (non-hydrogen) atoms. The summed E-state index contributed by atoms with van der Waals surface area (Å²) in [5, 5.41) is 3.96.